The van der Waals surface area contributed by atoms with Crippen molar-refractivity contribution in [1.82, 2.24) is 14.9 Å². The maximum atomic E-state index is 12.2. The zero-order chi connectivity index (χ0) is 19.9. The fraction of sp³-hybridized carbons (Fsp3) is 0.667. The van der Waals surface area contributed by atoms with Gasteiger partial charge in [0, 0.05) is 31.6 Å². The number of aromatic nitrogens is 2. The molecule has 0 N–H and O–H groups in total. The molecule has 6 nitrogen and oxygen atoms in total. The Labute approximate surface area is 170 Å². The third-order valence-corrected chi connectivity index (χ3v) is 6.83. The van der Waals surface area contributed by atoms with Gasteiger partial charge >= 0.3 is 6.09 Å². The van der Waals surface area contributed by atoms with Crippen LogP contribution in [0.2, 0.25) is 0 Å². The van der Waals surface area contributed by atoms with E-state index >= 15 is 0 Å². The summed E-state index contributed by atoms with van der Waals surface area (Å²) in [7, 11) is 1.84. The topological polar surface area (TPSA) is 58.6 Å². The van der Waals surface area contributed by atoms with Gasteiger partial charge in [-0.3, -0.25) is 0 Å². The number of piperidine rings is 1. The van der Waals surface area contributed by atoms with E-state index in [9.17, 15) is 4.79 Å². The predicted octanol–water partition coefficient (Wildman–Crippen LogP) is 4.26. The lowest BCUT2D eigenvalue weighted by Gasteiger charge is -2.35. The van der Waals surface area contributed by atoms with Crippen molar-refractivity contribution in [3.8, 4) is 0 Å². The molecule has 1 fully saturated rings. The molecule has 7 heteroatoms. The van der Waals surface area contributed by atoms with Crippen LogP contribution in [0.3, 0.4) is 0 Å². The molecule has 1 saturated heterocycles. The fourth-order valence-electron chi connectivity index (χ4n) is 4.28. The molecule has 1 aliphatic heterocycles. The van der Waals surface area contributed by atoms with Crippen LogP contribution >= 0.6 is 11.3 Å². The van der Waals surface area contributed by atoms with Gasteiger partial charge in [0.15, 0.2) is 0 Å². The summed E-state index contributed by atoms with van der Waals surface area (Å²) in [6.45, 7) is 8.41. The monoisotopic (exact) mass is 402 g/mol. The number of hydrogen-bond donors (Lipinski definition) is 0. The van der Waals surface area contributed by atoms with E-state index in [-0.39, 0.29) is 6.09 Å². The van der Waals surface area contributed by atoms with E-state index in [0.29, 0.717) is 5.92 Å². The number of thiophene rings is 1. The van der Waals surface area contributed by atoms with Crippen LogP contribution in [0.25, 0.3) is 10.2 Å². The number of aryl methyl sites for hydroxylation is 2. The zero-order valence-corrected chi connectivity index (χ0v) is 18.1. The summed E-state index contributed by atoms with van der Waals surface area (Å²) < 4.78 is 5.47. The summed E-state index contributed by atoms with van der Waals surface area (Å²) >= 11 is 1.85. The Hall–Kier alpha value is -1.89. The number of carbonyl (C=O) groups excluding carboxylic acids is 1. The molecule has 0 radical (unpaired) electrons. The molecule has 0 spiro atoms. The predicted molar refractivity (Wildman–Crippen MR) is 113 cm³/mol. The number of hydrogen-bond acceptors (Lipinski definition) is 6. The van der Waals surface area contributed by atoms with Crippen LogP contribution in [-0.2, 0) is 17.6 Å². The van der Waals surface area contributed by atoms with Gasteiger partial charge in [0.1, 0.15) is 22.6 Å². The molecule has 0 atom stereocenters. The molecule has 2 aliphatic rings. The normalized spacial score (nSPS) is 17.8. The zero-order valence-electron chi connectivity index (χ0n) is 17.3. The van der Waals surface area contributed by atoms with E-state index in [1.54, 1.807) is 11.2 Å². The Balaban J connectivity index is 1.40. The Morgan fingerprint density at radius 1 is 1.29 bits per heavy atom. The van der Waals surface area contributed by atoms with E-state index < -0.39 is 5.60 Å². The van der Waals surface area contributed by atoms with Gasteiger partial charge in [-0.25, -0.2) is 14.8 Å². The second kappa shape index (κ2) is 7.50. The number of ether oxygens (including phenoxy) is 1. The van der Waals surface area contributed by atoms with Crippen LogP contribution in [0.5, 0.6) is 0 Å². The molecule has 1 aliphatic carbocycles. The van der Waals surface area contributed by atoms with Gasteiger partial charge in [0.2, 0.25) is 0 Å². The highest BCUT2D eigenvalue weighted by molar-refractivity contribution is 7.19. The molecule has 0 saturated carbocycles. The van der Waals surface area contributed by atoms with E-state index in [1.165, 1.54) is 28.7 Å². The molecule has 28 heavy (non-hydrogen) atoms. The molecule has 0 bridgehead atoms. The minimum atomic E-state index is -0.451. The van der Waals surface area contributed by atoms with Gasteiger partial charge in [-0.1, -0.05) is 0 Å². The number of nitrogens with zero attached hydrogens (tertiary/aromatic N) is 4. The van der Waals surface area contributed by atoms with Gasteiger partial charge < -0.3 is 14.5 Å². The number of rotatable bonds is 3. The van der Waals surface area contributed by atoms with Crippen LogP contribution < -0.4 is 4.90 Å². The molecule has 152 valence electrons. The Morgan fingerprint density at radius 2 is 2.04 bits per heavy atom. The van der Waals surface area contributed by atoms with E-state index in [4.69, 9.17) is 4.74 Å². The molecule has 1 amide bonds. The molecule has 2 aromatic rings. The minimum absolute atomic E-state index is 0.235. The second-order valence-electron chi connectivity index (χ2n) is 9.03. The lowest BCUT2D eigenvalue weighted by molar-refractivity contribution is 0.0266. The maximum absolute atomic E-state index is 12.2. The van der Waals surface area contributed by atoms with Crippen molar-refractivity contribution in [3.63, 3.8) is 0 Å². The summed E-state index contributed by atoms with van der Waals surface area (Å²) in [4.78, 5) is 28.2. The first-order chi connectivity index (χ1) is 13.3. The number of fused-ring (bicyclic) bond motifs is 3. The van der Waals surface area contributed by atoms with Crippen molar-refractivity contribution in [2.75, 3.05) is 31.6 Å². The first-order valence-electron chi connectivity index (χ1n) is 10.3. The van der Waals surface area contributed by atoms with Gasteiger partial charge in [0.05, 0.1) is 5.39 Å². The molecule has 2 aromatic heterocycles. The van der Waals surface area contributed by atoms with Crippen molar-refractivity contribution < 1.29 is 9.53 Å². The molecular weight excluding hydrogens is 372 g/mol. The third-order valence-electron chi connectivity index (χ3n) is 5.63. The summed E-state index contributed by atoms with van der Waals surface area (Å²) in [5.41, 5.74) is 1.04. The Kier molecular flexibility index (Phi) is 5.21. The smallest absolute Gasteiger partial charge is 0.410 e. The van der Waals surface area contributed by atoms with Crippen molar-refractivity contribution in [2.24, 2.45) is 5.92 Å². The van der Waals surface area contributed by atoms with E-state index in [2.05, 4.69) is 14.9 Å². The molecular formula is C21H30N4O2S. The average Bonchev–Trinajstić information content (AvgIpc) is 3.21. The van der Waals surface area contributed by atoms with Crippen LogP contribution in [0.15, 0.2) is 6.33 Å². The first-order valence-corrected chi connectivity index (χ1v) is 11.1. The van der Waals surface area contributed by atoms with Crippen molar-refractivity contribution in [3.05, 3.63) is 16.8 Å². The lowest BCUT2D eigenvalue weighted by atomic mass is 9.96. The number of anilines is 1. The molecule has 0 unspecified atom stereocenters. The summed E-state index contributed by atoms with van der Waals surface area (Å²) in [6.07, 6.45) is 7.20. The van der Waals surface area contributed by atoms with Crippen LogP contribution in [0.1, 0.15) is 50.5 Å². The quantitative estimate of drug-likeness (QED) is 0.768. The van der Waals surface area contributed by atoms with Crippen molar-refractivity contribution in [1.29, 1.82) is 0 Å². The van der Waals surface area contributed by atoms with Crippen LogP contribution in [-0.4, -0.2) is 53.2 Å². The highest BCUT2D eigenvalue weighted by atomic mass is 32.1. The lowest BCUT2D eigenvalue weighted by Crippen LogP contribution is -2.41. The maximum Gasteiger partial charge on any atom is 0.410 e. The Bertz CT molecular complexity index is 865. The van der Waals surface area contributed by atoms with Gasteiger partial charge in [-0.05, 0) is 64.4 Å². The SMILES string of the molecule is CN(CC1CCN(c2ncnc3sc4c(c23)CCC4)CC1)C(=O)OC(C)(C)C. The molecule has 3 heterocycles. The largest absolute Gasteiger partial charge is 0.444 e. The van der Waals surface area contributed by atoms with E-state index in [1.807, 2.05) is 39.2 Å². The second-order valence-corrected chi connectivity index (χ2v) is 10.1. The highest BCUT2D eigenvalue weighted by Crippen LogP contribution is 2.40. The summed E-state index contributed by atoms with van der Waals surface area (Å²) in [5.74, 6) is 1.61. The number of amides is 1. The van der Waals surface area contributed by atoms with Crippen molar-refractivity contribution in [2.45, 2.75) is 58.5 Å². The van der Waals surface area contributed by atoms with Gasteiger partial charge in [-0.2, -0.15) is 0 Å². The van der Waals surface area contributed by atoms with Crippen molar-refractivity contribution >= 4 is 33.5 Å². The van der Waals surface area contributed by atoms with Crippen LogP contribution in [0, 0.1) is 5.92 Å². The Morgan fingerprint density at radius 3 is 2.75 bits per heavy atom. The van der Waals surface area contributed by atoms with Gasteiger partial charge in [-0.15, -0.1) is 11.3 Å². The van der Waals surface area contributed by atoms with Crippen LogP contribution in [0.4, 0.5) is 10.6 Å². The summed E-state index contributed by atoms with van der Waals surface area (Å²) in [6, 6.07) is 0. The minimum Gasteiger partial charge on any atom is -0.444 e. The summed E-state index contributed by atoms with van der Waals surface area (Å²) in [5, 5.41) is 1.30. The molecule has 4 rings (SSSR count). The van der Waals surface area contributed by atoms with E-state index in [0.717, 1.165) is 49.5 Å². The fourth-order valence-corrected chi connectivity index (χ4v) is 5.50. The third kappa shape index (κ3) is 3.95. The highest BCUT2D eigenvalue weighted by Gasteiger charge is 2.28. The van der Waals surface area contributed by atoms with Gasteiger partial charge in [0.25, 0.3) is 0 Å². The first kappa shape index (κ1) is 19.4. The average molecular weight is 403 g/mol. The molecule has 0 aromatic carbocycles. The number of carbonyl (C=O) groups is 1. The standard InChI is InChI=1S/C21H30N4O2S/c1-21(2,3)27-20(26)24(4)12-14-8-10-25(11-9-14)18-17-15-6-5-7-16(15)28-19(17)23-13-22-18/h13-14H,5-12H2,1-4H3.